The number of urea groups is 1. The van der Waals surface area contributed by atoms with Crippen LogP contribution < -0.4 is 10.6 Å². The molecule has 1 aromatic carbocycles. The van der Waals surface area contributed by atoms with Crippen molar-refractivity contribution in [2.45, 2.75) is 20.4 Å². The maximum Gasteiger partial charge on any atom is 0.321 e. The van der Waals surface area contributed by atoms with E-state index in [-0.39, 0.29) is 6.03 Å². The topological polar surface area (TPSA) is 84.7 Å². The molecule has 0 saturated heterocycles. The Hall–Kier alpha value is -2.74. The number of rotatable bonds is 4. The van der Waals surface area contributed by atoms with Crippen molar-refractivity contribution < 1.29 is 4.79 Å². The van der Waals surface area contributed by atoms with Crippen LogP contribution in [0.2, 0.25) is 0 Å². The Kier molecular flexibility index (Phi) is 4.33. The fraction of sp³-hybridized carbons (Fsp3) is 0.200. The van der Waals surface area contributed by atoms with Gasteiger partial charge in [0, 0.05) is 36.2 Å². The molecular weight excluding hydrogens is 312 g/mol. The lowest BCUT2D eigenvalue weighted by Crippen LogP contribution is -2.28. The van der Waals surface area contributed by atoms with Crippen molar-refractivity contribution in [1.82, 2.24) is 24.2 Å². The molecule has 3 rings (SSSR count). The summed E-state index contributed by atoms with van der Waals surface area (Å²) in [4.78, 5) is 20.1. The smallest absolute Gasteiger partial charge is 0.321 e. The van der Waals surface area contributed by atoms with Gasteiger partial charge in [-0.1, -0.05) is 12.1 Å². The van der Waals surface area contributed by atoms with E-state index in [1.807, 2.05) is 42.0 Å². The summed E-state index contributed by atoms with van der Waals surface area (Å²) in [6.45, 7) is 4.17. The number of aromatic nitrogens is 4. The highest BCUT2D eigenvalue weighted by atomic mass is 32.1. The van der Waals surface area contributed by atoms with E-state index in [0.29, 0.717) is 17.5 Å². The zero-order valence-corrected chi connectivity index (χ0v) is 13.6. The molecule has 2 aromatic heterocycles. The molecule has 0 saturated carbocycles. The van der Waals surface area contributed by atoms with E-state index in [0.717, 1.165) is 28.6 Å². The van der Waals surface area contributed by atoms with Crippen LogP contribution in [0.3, 0.4) is 0 Å². The second kappa shape index (κ2) is 6.57. The van der Waals surface area contributed by atoms with Gasteiger partial charge in [-0.05, 0) is 31.5 Å². The second-order valence-electron chi connectivity index (χ2n) is 4.97. The molecule has 2 amide bonds. The van der Waals surface area contributed by atoms with Crippen LogP contribution in [0.5, 0.6) is 0 Å². The van der Waals surface area contributed by atoms with Crippen molar-refractivity contribution in [2.24, 2.45) is 0 Å². The molecule has 0 spiro atoms. The van der Waals surface area contributed by atoms with E-state index in [4.69, 9.17) is 0 Å². The third kappa shape index (κ3) is 3.72. The number of nitrogens with one attached hydrogen (secondary N) is 2. The van der Waals surface area contributed by atoms with Crippen molar-refractivity contribution >= 4 is 22.7 Å². The number of carbonyl (C=O) groups is 1. The molecule has 2 N–H and O–H groups in total. The normalized spacial score (nSPS) is 10.5. The Bertz CT molecular complexity index is 807. The molecule has 0 fully saturated rings. The van der Waals surface area contributed by atoms with E-state index < -0.39 is 0 Å². The van der Waals surface area contributed by atoms with Crippen molar-refractivity contribution in [1.29, 1.82) is 0 Å². The summed E-state index contributed by atoms with van der Waals surface area (Å²) in [5, 5.41) is 5.94. The van der Waals surface area contributed by atoms with Gasteiger partial charge in [0.25, 0.3) is 0 Å². The first-order chi connectivity index (χ1) is 11.1. The molecule has 118 valence electrons. The van der Waals surface area contributed by atoms with Gasteiger partial charge in [0.2, 0.25) is 5.13 Å². The Balaban J connectivity index is 1.56. The van der Waals surface area contributed by atoms with E-state index in [2.05, 4.69) is 25.0 Å². The average molecular weight is 328 g/mol. The molecule has 0 atom stereocenters. The van der Waals surface area contributed by atoms with Gasteiger partial charge in [0.05, 0.1) is 0 Å². The van der Waals surface area contributed by atoms with Crippen LogP contribution in [0.25, 0.3) is 5.69 Å². The highest BCUT2D eigenvalue weighted by molar-refractivity contribution is 7.09. The van der Waals surface area contributed by atoms with Crippen LogP contribution in [0, 0.1) is 13.8 Å². The van der Waals surface area contributed by atoms with E-state index in [1.54, 1.807) is 13.1 Å². The average Bonchev–Trinajstić information content (AvgIpc) is 3.14. The minimum atomic E-state index is -0.296. The van der Waals surface area contributed by atoms with Crippen LogP contribution in [0.15, 0.2) is 36.7 Å². The largest absolute Gasteiger partial charge is 0.334 e. The number of anilines is 1. The molecular formula is C15H16N6OS. The first-order valence-electron chi connectivity index (χ1n) is 7.06. The Labute approximate surface area is 137 Å². The summed E-state index contributed by atoms with van der Waals surface area (Å²) in [5.41, 5.74) is 2.05. The lowest BCUT2D eigenvalue weighted by molar-refractivity contribution is 0.251. The van der Waals surface area contributed by atoms with E-state index >= 15 is 0 Å². The Morgan fingerprint density at radius 1 is 1.26 bits per heavy atom. The highest BCUT2D eigenvalue weighted by Crippen LogP contribution is 2.12. The summed E-state index contributed by atoms with van der Waals surface area (Å²) in [6, 6.07) is 7.65. The van der Waals surface area contributed by atoms with Crippen LogP contribution in [-0.2, 0) is 6.54 Å². The van der Waals surface area contributed by atoms with Gasteiger partial charge >= 0.3 is 6.03 Å². The molecule has 3 aromatic rings. The number of aryl methyl sites for hydroxylation is 2. The summed E-state index contributed by atoms with van der Waals surface area (Å²) >= 11 is 1.16. The number of benzene rings is 1. The lowest BCUT2D eigenvalue weighted by Gasteiger charge is -2.08. The fourth-order valence-corrected chi connectivity index (χ4v) is 2.67. The molecule has 7 nitrogen and oxygen atoms in total. The van der Waals surface area contributed by atoms with Crippen molar-refractivity contribution in [2.75, 3.05) is 5.32 Å². The number of hydrogen-bond donors (Lipinski definition) is 2. The maximum atomic E-state index is 11.8. The van der Waals surface area contributed by atoms with Crippen molar-refractivity contribution in [3.8, 4) is 5.69 Å². The standard InChI is InChI=1S/C15H16N6OS/c1-10-18-15(23-20-10)19-14(22)17-9-12-3-5-13(6-4-12)21-8-7-16-11(21)2/h3-8H,9H2,1-2H3,(H2,17,18,19,20,22). The molecule has 2 heterocycles. The van der Waals surface area contributed by atoms with E-state index in [9.17, 15) is 4.79 Å². The monoisotopic (exact) mass is 328 g/mol. The number of amides is 2. The van der Waals surface area contributed by atoms with Gasteiger partial charge in [-0.25, -0.2) is 14.8 Å². The quantitative estimate of drug-likeness (QED) is 0.771. The summed E-state index contributed by atoms with van der Waals surface area (Å²) in [5.74, 6) is 1.58. The lowest BCUT2D eigenvalue weighted by atomic mass is 10.2. The van der Waals surface area contributed by atoms with Crippen LogP contribution >= 0.6 is 11.5 Å². The van der Waals surface area contributed by atoms with Gasteiger partial charge in [-0.15, -0.1) is 0 Å². The maximum absolute atomic E-state index is 11.8. The molecule has 0 aliphatic heterocycles. The predicted molar refractivity (Wildman–Crippen MR) is 88.8 cm³/mol. The van der Waals surface area contributed by atoms with E-state index in [1.165, 1.54) is 0 Å². The summed E-state index contributed by atoms with van der Waals surface area (Å²) in [7, 11) is 0. The number of nitrogens with zero attached hydrogens (tertiary/aromatic N) is 4. The predicted octanol–water partition coefficient (Wildman–Crippen LogP) is 2.66. The first kappa shape index (κ1) is 15.2. The number of imidazole rings is 1. The first-order valence-corrected chi connectivity index (χ1v) is 7.83. The Morgan fingerprint density at radius 2 is 2.04 bits per heavy atom. The molecule has 0 unspecified atom stereocenters. The zero-order chi connectivity index (χ0) is 16.2. The molecule has 0 radical (unpaired) electrons. The van der Waals surface area contributed by atoms with Gasteiger partial charge in [-0.3, -0.25) is 5.32 Å². The Morgan fingerprint density at radius 3 is 2.65 bits per heavy atom. The molecule has 0 bridgehead atoms. The van der Waals surface area contributed by atoms with Crippen molar-refractivity contribution in [3.63, 3.8) is 0 Å². The molecule has 23 heavy (non-hydrogen) atoms. The number of carbonyl (C=O) groups excluding carboxylic acids is 1. The third-order valence-electron chi connectivity index (χ3n) is 3.24. The molecule has 0 aliphatic rings. The minimum Gasteiger partial charge on any atom is -0.334 e. The van der Waals surface area contributed by atoms with Crippen LogP contribution in [-0.4, -0.2) is 24.9 Å². The van der Waals surface area contributed by atoms with Crippen LogP contribution in [0.1, 0.15) is 17.2 Å². The third-order valence-corrected chi connectivity index (χ3v) is 3.96. The highest BCUT2D eigenvalue weighted by Gasteiger charge is 2.06. The van der Waals surface area contributed by atoms with Gasteiger partial charge in [-0.2, -0.15) is 4.37 Å². The van der Waals surface area contributed by atoms with Gasteiger partial charge < -0.3 is 9.88 Å². The number of hydrogen-bond acceptors (Lipinski definition) is 5. The summed E-state index contributed by atoms with van der Waals surface area (Å²) in [6.07, 6.45) is 3.68. The SMILES string of the molecule is Cc1nsc(NC(=O)NCc2ccc(-n3ccnc3C)cc2)n1. The zero-order valence-electron chi connectivity index (χ0n) is 12.8. The van der Waals surface area contributed by atoms with Gasteiger partial charge in [0.1, 0.15) is 11.6 Å². The fourth-order valence-electron chi connectivity index (χ4n) is 2.10. The molecule has 8 heteroatoms. The molecule has 0 aliphatic carbocycles. The van der Waals surface area contributed by atoms with Gasteiger partial charge in [0.15, 0.2) is 0 Å². The summed E-state index contributed by atoms with van der Waals surface area (Å²) < 4.78 is 6.01. The van der Waals surface area contributed by atoms with Crippen LogP contribution in [0.4, 0.5) is 9.93 Å². The second-order valence-corrected chi connectivity index (χ2v) is 5.72. The minimum absolute atomic E-state index is 0.296. The van der Waals surface area contributed by atoms with Crippen molar-refractivity contribution in [3.05, 3.63) is 53.9 Å².